The maximum absolute atomic E-state index is 12.8. The van der Waals surface area contributed by atoms with Crippen molar-refractivity contribution in [1.82, 2.24) is 19.5 Å². The second-order valence-electron chi connectivity index (χ2n) is 7.77. The summed E-state index contributed by atoms with van der Waals surface area (Å²) in [6.07, 6.45) is 2.03. The predicted molar refractivity (Wildman–Crippen MR) is 123 cm³/mol. The van der Waals surface area contributed by atoms with E-state index < -0.39 is 25.9 Å². The van der Waals surface area contributed by atoms with Crippen molar-refractivity contribution in [2.75, 3.05) is 18.1 Å². The van der Waals surface area contributed by atoms with Crippen molar-refractivity contribution < 1.29 is 21.6 Å². The fraction of sp³-hybridized carbons (Fsp3) is 0.333. The molecule has 0 spiro atoms. The zero-order valence-electron chi connectivity index (χ0n) is 18.4. The number of fused-ring (bicyclic) bond motifs is 1. The van der Waals surface area contributed by atoms with Crippen molar-refractivity contribution in [2.24, 2.45) is 0 Å². The van der Waals surface area contributed by atoms with Gasteiger partial charge in [-0.1, -0.05) is 11.2 Å². The summed E-state index contributed by atoms with van der Waals surface area (Å²) < 4.78 is 59.1. The third-order valence-corrected chi connectivity index (χ3v) is 8.03. The molecule has 1 aliphatic heterocycles. The summed E-state index contributed by atoms with van der Waals surface area (Å²) in [4.78, 5) is -0.00445. The fourth-order valence-corrected chi connectivity index (χ4v) is 5.48. The monoisotopic (exact) mass is 491 g/mol. The zero-order chi connectivity index (χ0) is 23.8. The van der Waals surface area contributed by atoms with Crippen molar-refractivity contribution in [3.05, 3.63) is 53.9 Å². The molecule has 0 fully saturated rings. The van der Waals surface area contributed by atoms with Gasteiger partial charge in [0.2, 0.25) is 10.0 Å². The van der Waals surface area contributed by atoms with Crippen LogP contribution in [-0.4, -0.2) is 44.4 Å². The number of nitrogens with zero attached hydrogens (tertiary/aromatic N) is 3. The predicted octanol–water partition coefficient (Wildman–Crippen LogP) is 2.50. The molecule has 2 aromatic carbocycles. The van der Waals surface area contributed by atoms with E-state index in [1.54, 1.807) is 11.5 Å². The van der Waals surface area contributed by atoms with Crippen molar-refractivity contribution in [2.45, 2.75) is 42.6 Å². The van der Waals surface area contributed by atoms with Crippen LogP contribution in [0.2, 0.25) is 0 Å². The average molecular weight is 492 g/mol. The standard InChI is InChI=1S/C21H25N5O5S2/c1-4-26-20(23-24-21(26)31-16-6-5-15-11-12-22-19(15)13-16)14(2)25-33(29,30)18-9-7-17(8-10-18)32(3,27)28/h5-10,13-14,22,25H,4,11-12H2,1-3H3/t14-/m1/s1. The molecule has 1 aliphatic rings. The first-order valence-corrected chi connectivity index (χ1v) is 13.8. The average Bonchev–Trinajstić information content (AvgIpc) is 3.39. The molecule has 4 rings (SSSR count). The van der Waals surface area contributed by atoms with Crippen LogP contribution in [0.4, 0.5) is 5.69 Å². The van der Waals surface area contributed by atoms with E-state index in [0.29, 0.717) is 18.1 Å². The first-order valence-electron chi connectivity index (χ1n) is 10.4. The highest BCUT2D eigenvalue weighted by atomic mass is 32.2. The van der Waals surface area contributed by atoms with Crippen LogP contribution in [-0.2, 0) is 32.8 Å². The Balaban J connectivity index is 1.53. The first kappa shape index (κ1) is 23.2. The molecule has 0 saturated carbocycles. The number of sulfone groups is 1. The number of sulfonamides is 1. The van der Waals surface area contributed by atoms with Crippen LogP contribution in [0.25, 0.3) is 0 Å². The van der Waals surface area contributed by atoms with E-state index in [0.717, 1.165) is 24.9 Å². The van der Waals surface area contributed by atoms with Crippen LogP contribution in [0, 0.1) is 0 Å². The van der Waals surface area contributed by atoms with E-state index in [-0.39, 0.29) is 15.8 Å². The summed E-state index contributed by atoms with van der Waals surface area (Å²) in [6.45, 7) is 4.90. The molecule has 2 N–H and O–H groups in total. The Morgan fingerprint density at radius 2 is 1.79 bits per heavy atom. The molecule has 33 heavy (non-hydrogen) atoms. The molecule has 0 radical (unpaired) electrons. The molecule has 10 nitrogen and oxygen atoms in total. The molecular formula is C21H25N5O5S2. The molecule has 1 aromatic heterocycles. The van der Waals surface area contributed by atoms with Gasteiger partial charge in [-0.3, -0.25) is 4.57 Å². The number of nitrogens with one attached hydrogen (secondary N) is 2. The zero-order valence-corrected chi connectivity index (χ0v) is 20.1. The van der Waals surface area contributed by atoms with Crippen molar-refractivity contribution in [3.8, 4) is 11.8 Å². The number of hydrogen-bond acceptors (Lipinski definition) is 8. The highest BCUT2D eigenvalue weighted by molar-refractivity contribution is 7.90. The summed E-state index contributed by atoms with van der Waals surface area (Å²) in [7, 11) is -7.35. The normalized spacial score (nSPS) is 14.5. The third-order valence-electron chi connectivity index (χ3n) is 5.34. The van der Waals surface area contributed by atoms with Crippen molar-refractivity contribution in [1.29, 1.82) is 0 Å². The summed E-state index contributed by atoms with van der Waals surface area (Å²) in [5, 5.41) is 11.6. The SMILES string of the molecule is CCn1c(Oc2ccc3c(c2)NCC3)nnc1[C@@H](C)NS(=O)(=O)c1ccc(S(C)(=O)=O)cc1. The van der Waals surface area contributed by atoms with Crippen molar-refractivity contribution >= 4 is 25.5 Å². The maximum atomic E-state index is 12.8. The number of aromatic nitrogens is 3. The molecule has 0 unspecified atom stereocenters. The van der Waals surface area contributed by atoms with Gasteiger partial charge in [0.15, 0.2) is 15.7 Å². The highest BCUT2D eigenvalue weighted by Gasteiger charge is 2.24. The van der Waals surface area contributed by atoms with E-state index in [1.165, 1.54) is 29.8 Å². The number of benzene rings is 2. The van der Waals surface area contributed by atoms with E-state index in [4.69, 9.17) is 4.74 Å². The Hall–Kier alpha value is -2.96. The molecular weight excluding hydrogens is 466 g/mol. The van der Waals surface area contributed by atoms with Crippen LogP contribution >= 0.6 is 0 Å². The Bertz CT molecular complexity index is 1380. The minimum Gasteiger partial charge on any atom is -0.424 e. The van der Waals surface area contributed by atoms with Gasteiger partial charge in [-0.05, 0) is 56.2 Å². The smallest absolute Gasteiger partial charge is 0.322 e. The number of rotatable bonds is 8. The minimum atomic E-state index is -3.93. The Kier molecular flexibility index (Phi) is 6.16. The van der Waals surface area contributed by atoms with Crippen LogP contribution in [0.5, 0.6) is 11.8 Å². The van der Waals surface area contributed by atoms with Gasteiger partial charge in [-0.15, -0.1) is 5.10 Å². The molecule has 12 heteroatoms. The molecule has 3 aromatic rings. The fourth-order valence-electron chi connectivity index (χ4n) is 3.65. The third kappa shape index (κ3) is 4.87. The number of ether oxygens (including phenoxy) is 1. The highest BCUT2D eigenvalue weighted by Crippen LogP contribution is 2.30. The molecule has 0 bridgehead atoms. The summed E-state index contributed by atoms with van der Waals surface area (Å²) in [5.74, 6) is 0.999. The van der Waals surface area contributed by atoms with Crippen molar-refractivity contribution in [3.63, 3.8) is 0 Å². The molecule has 0 amide bonds. The van der Waals surface area contributed by atoms with Gasteiger partial charge in [-0.25, -0.2) is 21.6 Å². The van der Waals surface area contributed by atoms with Gasteiger partial charge >= 0.3 is 6.01 Å². The van der Waals surface area contributed by atoms with E-state index >= 15 is 0 Å². The second-order valence-corrected chi connectivity index (χ2v) is 11.5. The van der Waals surface area contributed by atoms with Gasteiger partial charge in [-0.2, -0.15) is 0 Å². The Labute approximate surface area is 193 Å². The second kappa shape index (κ2) is 8.76. The van der Waals surface area contributed by atoms with Gasteiger partial charge in [0.1, 0.15) is 5.75 Å². The molecule has 0 aliphatic carbocycles. The minimum absolute atomic E-state index is 0.0452. The number of hydrogen-bond donors (Lipinski definition) is 2. The largest absolute Gasteiger partial charge is 0.424 e. The molecule has 2 heterocycles. The topological polar surface area (TPSA) is 132 Å². The van der Waals surface area contributed by atoms with E-state index in [9.17, 15) is 16.8 Å². The van der Waals surface area contributed by atoms with Crippen LogP contribution in [0.3, 0.4) is 0 Å². The number of anilines is 1. The summed E-state index contributed by atoms with van der Waals surface area (Å²) in [6, 6.07) is 10.4. The van der Waals surface area contributed by atoms with Gasteiger partial charge in [0.25, 0.3) is 0 Å². The molecule has 0 saturated heterocycles. The molecule has 1 atom stereocenters. The summed E-state index contributed by atoms with van der Waals surface area (Å²) in [5.41, 5.74) is 2.26. The van der Waals surface area contributed by atoms with E-state index in [2.05, 4.69) is 20.2 Å². The van der Waals surface area contributed by atoms with Crippen LogP contribution < -0.4 is 14.8 Å². The lowest BCUT2D eigenvalue weighted by atomic mass is 10.2. The van der Waals surface area contributed by atoms with Crippen LogP contribution in [0.15, 0.2) is 52.3 Å². The lowest BCUT2D eigenvalue weighted by Gasteiger charge is -2.15. The molecule has 176 valence electrons. The Morgan fingerprint density at radius 3 is 2.45 bits per heavy atom. The maximum Gasteiger partial charge on any atom is 0.322 e. The Morgan fingerprint density at radius 1 is 1.09 bits per heavy atom. The van der Waals surface area contributed by atoms with Gasteiger partial charge in [0.05, 0.1) is 15.8 Å². The lowest BCUT2D eigenvalue weighted by Crippen LogP contribution is -2.29. The van der Waals surface area contributed by atoms with Crippen LogP contribution in [0.1, 0.15) is 31.3 Å². The van der Waals surface area contributed by atoms with E-state index in [1.807, 2.05) is 25.1 Å². The van der Waals surface area contributed by atoms with Gasteiger partial charge in [0, 0.05) is 31.1 Å². The van der Waals surface area contributed by atoms with Gasteiger partial charge < -0.3 is 10.1 Å². The lowest BCUT2D eigenvalue weighted by molar-refractivity contribution is 0.408. The quantitative estimate of drug-likeness (QED) is 0.491. The summed E-state index contributed by atoms with van der Waals surface area (Å²) >= 11 is 0. The first-order chi connectivity index (χ1) is 15.6.